The lowest BCUT2D eigenvalue weighted by atomic mass is 10.0. The SMILES string of the molecule is CCN(C(=O)C1(C(N)=O)CC1)c1ccc(Br)nc1. The Bertz CT molecular complexity index is 483. The molecule has 0 bridgehead atoms. The fraction of sp³-hybridized carbons (Fsp3) is 0.417. The molecule has 0 aliphatic heterocycles. The molecule has 0 saturated heterocycles. The molecule has 6 heteroatoms. The van der Waals surface area contributed by atoms with Crippen LogP contribution in [0.15, 0.2) is 22.9 Å². The van der Waals surface area contributed by atoms with Crippen molar-refractivity contribution in [1.29, 1.82) is 0 Å². The molecule has 0 radical (unpaired) electrons. The summed E-state index contributed by atoms with van der Waals surface area (Å²) in [5.41, 5.74) is 5.01. The van der Waals surface area contributed by atoms with Gasteiger partial charge in [-0.2, -0.15) is 0 Å². The van der Waals surface area contributed by atoms with Gasteiger partial charge >= 0.3 is 0 Å². The summed E-state index contributed by atoms with van der Waals surface area (Å²) in [6.45, 7) is 2.34. The van der Waals surface area contributed by atoms with Crippen LogP contribution in [0.1, 0.15) is 19.8 Å². The number of carbonyl (C=O) groups is 2. The summed E-state index contributed by atoms with van der Waals surface area (Å²) in [7, 11) is 0. The van der Waals surface area contributed by atoms with Crippen molar-refractivity contribution >= 4 is 33.4 Å². The van der Waals surface area contributed by atoms with Crippen molar-refractivity contribution in [1.82, 2.24) is 4.98 Å². The van der Waals surface area contributed by atoms with Gasteiger partial charge in [-0.25, -0.2) is 4.98 Å². The molecule has 0 atom stereocenters. The van der Waals surface area contributed by atoms with Gasteiger partial charge < -0.3 is 10.6 Å². The standard InChI is InChI=1S/C12H14BrN3O2/c1-2-16(8-3-4-9(13)15-7-8)11(18)12(5-6-12)10(14)17/h3-4,7H,2,5-6H2,1H3,(H2,14,17). The Morgan fingerprint density at radius 2 is 2.17 bits per heavy atom. The molecule has 5 nitrogen and oxygen atoms in total. The molecular weight excluding hydrogens is 298 g/mol. The monoisotopic (exact) mass is 311 g/mol. The van der Waals surface area contributed by atoms with Gasteiger partial charge in [-0.15, -0.1) is 0 Å². The molecule has 2 amide bonds. The van der Waals surface area contributed by atoms with E-state index in [9.17, 15) is 9.59 Å². The van der Waals surface area contributed by atoms with Gasteiger partial charge in [0.2, 0.25) is 11.8 Å². The molecule has 0 aromatic carbocycles. The number of aromatic nitrogens is 1. The van der Waals surface area contributed by atoms with E-state index < -0.39 is 11.3 Å². The lowest BCUT2D eigenvalue weighted by molar-refractivity contribution is -0.133. The minimum atomic E-state index is -0.983. The van der Waals surface area contributed by atoms with Crippen molar-refractivity contribution < 1.29 is 9.59 Å². The Hall–Kier alpha value is -1.43. The van der Waals surface area contributed by atoms with E-state index in [2.05, 4.69) is 20.9 Å². The maximum Gasteiger partial charge on any atom is 0.242 e. The number of hydrogen-bond donors (Lipinski definition) is 1. The first-order valence-electron chi connectivity index (χ1n) is 5.74. The van der Waals surface area contributed by atoms with E-state index in [-0.39, 0.29) is 5.91 Å². The van der Waals surface area contributed by atoms with Crippen LogP contribution in [0.4, 0.5) is 5.69 Å². The highest BCUT2D eigenvalue weighted by molar-refractivity contribution is 9.10. The highest BCUT2D eigenvalue weighted by Gasteiger charge is 2.57. The van der Waals surface area contributed by atoms with Gasteiger partial charge in [0.25, 0.3) is 0 Å². The molecule has 2 rings (SSSR count). The summed E-state index contributed by atoms with van der Waals surface area (Å²) in [5.74, 6) is -0.752. The summed E-state index contributed by atoms with van der Waals surface area (Å²) in [5, 5.41) is 0. The lowest BCUT2D eigenvalue weighted by Crippen LogP contribution is -2.43. The van der Waals surface area contributed by atoms with Gasteiger partial charge in [-0.05, 0) is 47.8 Å². The second-order valence-corrected chi connectivity index (χ2v) is 5.15. The molecule has 1 heterocycles. The lowest BCUT2D eigenvalue weighted by Gasteiger charge is -2.24. The molecule has 96 valence electrons. The Morgan fingerprint density at radius 1 is 1.50 bits per heavy atom. The van der Waals surface area contributed by atoms with Crippen LogP contribution >= 0.6 is 15.9 Å². The Balaban J connectivity index is 2.27. The van der Waals surface area contributed by atoms with E-state index in [0.717, 1.165) is 0 Å². The van der Waals surface area contributed by atoms with E-state index in [4.69, 9.17) is 5.73 Å². The highest BCUT2D eigenvalue weighted by atomic mass is 79.9. The Morgan fingerprint density at radius 3 is 2.56 bits per heavy atom. The molecule has 1 aromatic rings. The molecular formula is C12H14BrN3O2. The summed E-state index contributed by atoms with van der Waals surface area (Å²) in [6.07, 6.45) is 2.69. The van der Waals surface area contributed by atoms with E-state index in [1.165, 1.54) is 0 Å². The fourth-order valence-electron chi connectivity index (χ4n) is 1.92. The summed E-state index contributed by atoms with van der Waals surface area (Å²) in [4.78, 5) is 29.4. The van der Waals surface area contributed by atoms with Gasteiger partial charge in [0.05, 0.1) is 11.9 Å². The average molecular weight is 312 g/mol. The smallest absolute Gasteiger partial charge is 0.242 e. The zero-order chi connectivity index (χ0) is 13.3. The number of amides is 2. The summed E-state index contributed by atoms with van der Waals surface area (Å²) >= 11 is 3.24. The van der Waals surface area contributed by atoms with E-state index in [1.807, 2.05) is 6.92 Å². The van der Waals surface area contributed by atoms with Crippen LogP contribution < -0.4 is 10.6 Å². The molecule has 1 aliphatic carbocycles. The van der Waals surface area contributed by atoms with E-state index in [1.54, 1.807) is 23.2 Å². The first-order chi connectivity index (χ1) is 8.51. The first kappa shape index (κ1) is 13.0. The number of rotatable bonds is 4. The van der Waals surface area contributed by atoms with Crippen LogP contribution in [0.5, 0.6) is 0 Å². The van der Waals surface area contributed by atoms with Crippen LogP contribution in [0.25, 0.3) is 0 Å². The number of hydrogen-bond acceptors (Lipinski definition) is 3. The third-order valence-electron chi connectivity index (χ3n) is 3.22. The minimum absolute atomic E-state index is 0.221. The van der Waals surface area contributed by atoms with Crippen LogP contribution in [-0.4, -0.2) is 23.3 Å². The van der Waals surface area contributed by atoms with Gasteiger partial charge in [-0.1, -0.05) is 0 Å². The highest BCUT2D eigenvalue weighted by Crippen LogP contribution is 2.47. The van der Waals surface area contributed by atoms with Gasteiger partial charge in [0, 0.05) is 6.54 Å². The fourth-order valence-corrected chi connectivity index (χ4v) is 2.15. The predicted octanol–water partition coefficient (Wildman–Crippen LogP) is 1.46. The molecule has 1 fully saturated rings. The zero-order valence-corrected chi connectivity index (χ0v) is 11.6. The third kappa shape index (κ3) is 2.12. The van der Waals surface area contributed by atoms with Crippen molar-refractivity contribution in [2.24, 2.45) is 11.1 Å². The Labute approximate surface area is 113 Å². The van der Waals surface area contributed by atoms with Gasteiger partial charge in [0.15, 0.2) is 0 Å². The van der Waals surface area contributed by atoms with Crippen LogP contribution in [0.2, 0.25) is 0 Å². The summed E-state index contributed by atoms with van der Waals surface area (Å²) < 4.78 is 0.700. The van der Waals surface area contributed by atoms with Crippen molar-refractivity contribution in [3.63, 3.8) is 0 Å². The van der Waals surface area contributed by atoms with Crippen molar-refractivity contribution in [3.8, 4) is 0 Å². The van der Waals surface area contributed by atoms with Crippen LogP contribution in [0, 0.1) is 5.41 Å². The molecule has 1 aliphatic rings. The van der Waals surface area contributed by atoms with E-state index in [0.29, 0.717) is 29.7 Å². The quantitative estimate of drug-likeness (QED) is 0.675. The first-order valence-corrected chi connectivity index (χ1v) is 6.54. The summed E-state index contributed by atoms with van der Waals surface area (Å²) in [6, 6.07) is 3.55. The van der Waals surface area contributed by atoms with Crippen molar-refractivity contribution in [2.75, 3.05) is 11.4 Å². The number of anilines is 1. The molecule has 2 N–H and O–H groups in total. The normalized spacial score (nSPS) is 16.1. The molecule has 0 spiro atoms. The number of pyridine rings is 1. The number of nitrogens with two attached hydrogens (primary N) is 1. The largest absolute Gasteiger partial charge is 0.369 e. The maximum atomic E-state index is 12.4. The van der Waals surface area contributed by atoms with Crippen LogP contribution in [-0.2, 0) is 9.59 Å². The molecule has 0 unspecified atom stereocenters. The number of carbonyl (C=O) groups excluding carboxylic acids is 2. The molecule has 18 heavy (non-hydrogen) atoms. The minimum Gasteiger partial charge on any atom is -0.369 e. The average Bonchev–Trinajstić information content (AvgIpc) is 3.13. The number of primary amides is 1. The molecule has 1 saturated carbocycles. The Kier molecular flexibility index (Phi) is 3.38. The zero-order valence-electron chi connectivity index (χ0n) is 10.0. The number of nitrogens with zero attached hydrogens (tertiary/aromatic N) is 2. The predicted molar refractivity (Wildman–Crippen MR) is 70.8 cm³/mol. The van der Waals surface area contributed by atoms with Crippen molar-refractivity contribution in [2.45, 2.75) is 19.8 Å². The van der Waals surface area contributed by atoms with Crippen LogP contribution in [0.3, 0.4) is 0 Å². The van der Waals surface area contributed by atoms with Gasteiger partial charge in [-0.3, -0.25) is 9.59 Å². The maximum absolute atomic E-state index is 12.4. The van der Waals surface area contributed by atoms with E-state index >= 15 is 0 Å². The topological polar surface area (TPSA) is 76.3 Å². The van der Waals surface area contributed by atoms with Crippen molar-refractivity contribution in [3.05, 3.63) is 22.9 Å². The molecule has 1 aromatic heterocycles. The third-order valence-corrected chi connectivity index (χ3v) is 3.68. The number of halogens is 1. The second kappa shape index (κ2) is 4.68. The second-order valence-electron chi connectivity index (χ2n) is 4.33. The van der Waals surface area contributed by atoms with Gasteiger partial charge in [0.1, 0.15) is 10.0 Å².